The molecule has 0 spiro atoms. The second-order valence-corrected chi connectivity index (χ2v) is 9.04. The van der Waals surface area contributed by atoms with E-state index in [1.54, 1.807) is 7.11 Å². The number of benzene rings is 2. The summed E-state index contributed by atoms with van der Waals surface area (Å²) in [5, 5.41) is 8.03. The third kappa shape index (κ3) is 5.50. The summed E-state index contributed by atoms with van der Waals surface area (Å²) in [5.74, 6) is 1.45. The predicted octanol–water partition coefficient (Wildman–Crippen LogP) is 4.84. The summed E-state index contributed by atoms with van der Waals surface area (Å²) in [7, 11) is 1.75. The maximum atomic E-state index is 13.4. The quantitative estimate of drug-likeness (QED) is 0.469. The summed E-state index contributed by atoms with van der Waals surface area (Å²) in [4.78, 5) is 13.4. The Morgan fingerprint density at radius 3 is 2.47 bits per heavy atom. The Kier molecular flexibility index (Phi) is 8.01. The molecule has 1 amide bonds. The lowest BCUT2D eigenvalue weighted by atomic mass is 9.93. The molecule has 1 heterocycles. The van der Waals surface area contributed by atoms with Crippen LogP contribution in [0.3, 0.4) is 0 Å². The lowest BCUT2D eigenvalue weighted by Gasteiger charge is -2.21. The van der Waals surface area contributed by atoms with E-state index >= 15 is 0 Å². The number of hydrogen-bond acceptors (Lipinski definition) is 4. The molecule has 0 radical (unpaired) electrons. The van der Waals surface area contributed by atoms with Gasteiger partial charge >= 0.3 is 0 Å². The van der Waals surface area contributed by atoms with Crippen LogP contribution in [0.15, 0.2) is 60.7 Å². The van der Waals surface area contributed by atoms with Crippen LogP contribution in [-0.2, 0) is 16.0 Å². The van der Waals surface area contributed by atoms with Crippen LogP contribution in [-0.4, -0.2) is 42.1 Å². The maximum absolute atomic E-state index is 13.4. The van der Waals surface area contributed by atoms with Crippen LogP contribution in [0, 0.1) is 12.8 Å². The highest BCUT2D eigenvalue weighted by Crippen LogP contribution is 2.40. The van der Waals surface area contributed by atoms with E-state index in [-0.39, 0.29) is 18.4 Å². The van der Waals surface area contributed by atoms with Crippen molar-refractivity contribution < 1.29 is 14.3 Å². The van der Waals surface area contributed by atoms with Gasteiger partial charge in [-0.05, 0) is 56.7 Å². The van der Waals surface area contributed by atoms with Crippen LogP contribution in [0.25, 0.3) is 5.69 Å². The van der Waals surface area contributed by atoms with Crippen LogP contribution in [0.2, 0.25) is 0 Å². The molecule has 180 valence electrons. The average molecular weight is 462 g/mol. The lowest BCUT2D eigenvalue weighted by molar-refractivity contribution is -0.121. The highest BCUT2D eigenvalue weighted by atomic mass is 16.5. The highest BCUT2D eigenvalue weighted by Gasteiger charge is 2.36. The number of para-hydroxylation sites is 1. The summed E-state index contributed by atoms with van der Waals surface area (Å²) in [6.45, 7) is 5.20. The molecule has 2 aromatic carbocycles. The molecule has 0 bridgehead atoms. The number of methoxy groups -OCH3 is 1. The molecule has 1 saturated carbocycles. The van der Waals surface area contributed by atoms with Gasteiger partial charge in [-0.15, -0.1) is 5.10 Å². The molecule has 3 atom stereocenters. The van der Waals surface area contributed by atoms with Crippen molar-refractivity contribution in [1.82, 2.24) is 15.1 Å². The lowest BCUT2D eigenvalue weighted by Crippen LogP contribution is -2.38. The van der Waals surface area contributed by atoms with Gasteiger partial charge in [-0.3, -0.25) is 4.79 Å². The second kappa shape index (κ2) is 11.3. The Hall–Kier alpha value is -3.12. The number of amides is 1. The van der Waals surface area contributed by atoms with E-state index in [9.17, 15) is 4.79 Å². The molecule has 4 rings (SSSR count). The second-order valence-electron chi connectivity index (χ2n) is 9.04. The molecule has 3 aromatic rings. The summed E-state index contributed by atoms with van der Waals surface area (Å²) in [5.41, 5.74) is 3.97. The van der Waals surface area contributed by atoms with Crippen LogP contribution in [0.4, 0.5) is 0 Å². The maximum Gasteiger partial charge on any atom is 0.236 e. The number of aromatic nitrogens is 2. The number of rotatable bonds is 10. The molecule has 1 N–H and O–H groups in total. The van der Waals surface area contributed by atoms with Crippen molar-refractivity contribution in [3.8, 4) is 11.6 Å². The minimum absolute atomic E-state index is 0.0153. The SMILES string of the molecule is CCOc1nn(-c2ccccc2)c(CC(=O)N[C@@H]2CC(CCOC)C[C@H]2c2ccccc2)c1C. The van der Waals surface area contributed by atoms with E-state index in [0.29, 0.717) is 24.3 Å². The molecule has 34 heavy (non-hydrogen) atoms. The number of nitrogens with zero attached hydrogens (tertiary/aromatic N) is 2. The standard InChI is InChI=1S/C28H35N3O3/c1-4-34-28-20(2)26(31(30-28)23-13-9-6-10-14-23)19-27(32)29-25-18-21(15-16-33-3)17-24(25)22-11-7-5-8-12-22/h5-14,21,24-25H,4,15-19H2,1-3H3,(H,29,32)/t21?,24-,25+/m0/s1. The first-order valence-corrected chi connectivity index (χ1v) is 12.2. The number of ether oxygens (including phenoxy) is 2. The Morgan fingerprint density at radius 1 is 1.09 bits per heavy atom. The van der Waals surface area contributed by atoms with Gasteiger partial charge in [-0.25, -0.2) is 4.68 Å². The van der Waals surface area contributed by atoms with Gasteiger partial charge in [0.1, 0.15) is 0 Å². The fraction of sp³-hybridized carbons (Fsp3) is 0.429. The van der Waals surface area contributed by atoms with Crippen molar-refractivity contribution >= 4 is 5.91 Å². The zero-order valence-corrected chi connectivity index (χ0v) is 20.4. The number of carbonyl (C=O) groups excluding carboxylic acids is 1. The first kappa shape index (κ1) is 24.0. The van der Waals surface area contributed by atoms with Gasteiger partial charge in [0.25, 0.3) is 0 Å². The summed E-state index contributed by atoms with van der Waals surface area (Å²) in [6.07, 6.45) is 3.30. The number of nitrogens with one attached hydrogen (secondary N) is 1. The van der Waals surface area contributed by atoms with Gasteiger partial charge in [-0.2, -0.15) is 0 Å². The normalized spacial score (nSPS) is 19.8. The molecule has 0 aliphatic heterocycles. The van der Waals surface area contributed by atoms with Crippen molar-refractivity contribution in [2.75, 3.05) is 20.3 Å². The fourth-order valence-electron chi connectivity index (χ4n) is 5.07. The minimum Gasteiger partial charge on any atom is -0.477 e. The van der Waals surface area contributed by atoms with E-state index in [1.807, 2.05) is 54.9 Å². The highest BCUT2D eigenvalue weighted by molar-refractivity contribution is 5.79. The molecule has 6 heteroatoms. The average Bonchev–Trinajstić information content (AvgIpc) is 3.40. The first-order chi connectivity index (χ1) is 16.6. The molecule has 1 aliphatic carbocycles. The van der Waals surface area contributed by atoms with Crippen LogP contribution in [0.1, 0.15) is 48.9 Å². The topological polar surface area (TPSA) is 65.4 Å². The number of carbonyl (C=O) groups is 1. The molecule has 1 aromatic heterocycles. The summed E-state index contributed by atoms with van der Waals surface area (Å²) >= 11 is 0. The van der Waals surface area contributed by atoms with E-state index in [2.05, 4.69) is 34.7 Å². The van der Waals surface area contributed by atoms with E-state index < -0.39 is 0 Å². The third-order valence-electron chi connectivity index (χ3n) is 6.77. The molecular formula is C28H35N3O3. The fourth-order valence-corrected chi connectivity index (χ4v) is 5.07. The molecule has 0 saturated heterocycles. The van der Waals surface area contributed by atoms with Gasteiger partial charge in [0, 0.05) is 31.2 Å². The smallest absolute Gasteiger partial charge is 0.236 e. The monoisotopic (exact) mass is 461 g/mol. The Morgan fingerprint density at radius 2 is 1.79 bits per heavy atom. The molecule has 1 fully saturated rings. The zero-order chi connectivity index (χ0) is 23.9. The summed E-state index contributed by atoms with van der Waals surface area (Å²) in [6, 6.07) is 20.5. The van der Waals surface area contributed by atoms with Crippen molar-refractivity contribution in [2.45, 2.75) is 51.5 Å². The zero-order valence-electron chi connectivity index (χ0n) is 20.4. The molecular weight excluding hydrogens is 426 g/mol. The molecule has 6 nitrogen and oxygen atoms in total. The van der Waals surface area contributed by atoms with Gasteiger partial charge in [0.05, 0.1) is 24.4 Å². The Bertz CT molecular complexity index is 1070. The van der Waals surface area contributed by atoms with Gasteiger partial charge < -0.3 is 14.8 Å². The van der Waals surface area contributed by atoms with Crippen molar-refractivity contribution in [3.05, 3.63) is 77.5 Å². The third-order valence-corrected chi connectivity index (χ3v) is 6.77. The molecule has 1 aliphatic rings. The van der Waals surface area contributed by atoms with Crippen molar-refractivity contribution in [2.24, 2.45) is 5.92 Å². The van der Waals surface area contributed by atoms with E-state index in [4.69, 9.17) is 9.47 Å². The van der Waals surface area contributed by atoms with Crippen LogP contribution in [0.5, 0.6) is 5.88 Å². The van der Waals surface area contributed by atoms with Crippen molar-refractivity contribution in [3.63, 3.8) is 0 Å². The Balaban J connectivity index is 1.54. The van der Waals surface area contributed by atoms with Crippen molar-refractivity contribution in [1.29, 1.82) is 0 Å². The van der Waals surface area contributed by atoms with E-state index in [0.717, 1.165) is 42.8 Å². The van der Waals surface area contributed by atoms with Gasteiger partial charge in [-0.1, -0.05) is 48.5 Å². The summed E-state index contributed by atoms with van der Waals surface area (Å²) < 4.78 is 12.9. The van der Waals surface area contributed by atoms with E-state index in [1.165, 1.54) is 5.56 Å². The van der Waals surface area contributed by atoms with Gasteiger partial charge in [0.15, 0.2) is 0 Å². The predicted molar refractivity (Wildman–Crippen MR) is 134 cm³/mol. The van der Waals surface area contributed by atoms with Crippen LogP contribution >= 0.6 is 0 Å². The number of hydrogen-bond donors (Lipinski definition) is 1. The minimum atomic E-state index is 0.0153. The van der Waals surface area contributed by atoms with Gasteiger partial charge in [0.2, 0.25) is 11.8 Å². The van der Waals surface area contributed by atoms with Crippen LogP contribution < -0.4 is 10.1 Å². The molecule has 1 unspecified atom stereocenters. The largest absolute Gasteiger partial charge is 0.477 e. The Labute approximate surface area is 202 Å². The first-order valence-electron chi connectivity index (χ1n) is 12.2.